The van der Waals surface area contributed by atoms with Crippen molar-refractivity contribution in [2.45, 2.75) is 18.6 Å². The summed E-state index contributed by atoms with van der Waals surface area (Å²) < 4.78 is 9.67. The van der Waals surface area contributed by atoms with Crippen LogP contribution in [0.25, 0.3) is 0 Å². The normalized spacial score (nSPS) is 13.7. The third kappa shape index (κ3) is 3.66. The van der Waals surface area contributed by atoms with E-state index >= 15 is 0 Å². The van der Waals surface area contributed by atoms with Gasteiger partial charge in [0.2, 0.25) is 0 Å². The lowest BCUT2D eigenvalue weighted by Gasteiger charge is -2.20. The summed E-state index contributed by atoms with van der Waals surface area (Å²) in [5.41, 5.74) is 0.628. The highest BCUT2D eigenvalue weighted by Gasteiger charge is 2.22. The largest absolute Gasteiger partial charge is 0.496 e. The van der Waals surface area contributed by atoms with Crippen LogP contribution in [0, 0.1) is 0 Å². The van der Waals surface area contributed by atoms with Crippen LogP contribution in [0.3, 0.4) is 0 Å². The van der Waals surface area contributed by atoms with E-state index in [-0.39, 0.29) is 24.3 Å². The maximum atomic E-state index is 11.4. The molecule has 0 aliphatic heterocycles. The minimum atomic E-state index is -1.20. The van der Waals surface area contributed by atoms with Gasteiger partial charge in [-0.05, 0) is 18.6 Å². The van der Waals surface area contributed by atoms with Gasteiger partial charge in [0, 0.05) is 12.2 Å². The molecule has 19 heavy (non-hydrogen) atoms. The first-order valence-electron chi connectivity index (χ1n) is 5.78. The number of methoxy groups -OCH3 is 2. The molecule has 0 bridgehead atoms. The Hall–Kier alpha value is -1.63. The van der Waals surface area contributed by atoms with Gasteiger partial charge in [0.25, 0.3) is 0 Å². The fraction of sp³-hybridized carbons (Fsp3) is 0.462. The van der Waals surface area contributed by atoms with E-state index in [0.29, 0.717) is 5.56 Å². The molecule has 2 unspecified atom stereocenters. The molecule has 0 radical (unpaired) electrons. The summed E-state index contributed by atoms with van der Waals surface area (Å²) in [7, 11) is 2.66. The van der Waals surface area contributed by atoms with Crippen LogP contribution in [-0.2, 0) is 4.74 Å². The van der Waals surface area contributed by atoms with Crippen LogP contribution in [-0.4, -0.2) is 48.2 Å². The van der Waals surface area contributed by atoms with E-state index in [2.05, 4.69) is 4.74 Å². The van der Waals surface area contributed by atoms with Crippen molar-refractivity contribution in [3.05, 3.63) is 29.3 Å². The van der Waals surface area contributed by atoms with Gasteiger partial charge in [-0.3, -0.25) is 0 Å². The number of rotatable bonds is 6. The topological polar surface area (TPSA) is 96.2 Å². The van der Waals surface area contributed by atoms with Gasteiger partial charge in [0.1, 0.15) is 11.9 Å². The molecule has 6 heteroatoms. The molecule has 0 spiro atoms. The molecule has 6 nitrogen and oxygen atoms in total. The average Bonchev–Trinajstić information content (AvgIpc) is 2.45. The Morgan fingerprint density at radius 2 is 2.00 bits per heavy atom. The van der Waals surface area contributed by atoms with Crippen LogP contribution in [0.4, 0.5) is 0 Å². The fourth-order valence-corrected chi connectivity index (χ4v) is 1.70. The number of carbonyl (C=O) groups is 1. The maximum Gasteiger partial charge on any atom is 0.337 e. The first-order valence-corrected chi connectivity index (χ1v) is 5.78. The molecule has 0 aromatic heterocycles. The number of aliphatic hydroxyl groups excluding tert-OH is 3. The predicted octanol–water partition coefficient (Wildman–Crippen LogP) is 0.258. The SMILES string of the molecule is COC(=O)c1ccc(C(O)C(O)CCO)c(OC)c1. The molecule has 0 aliphatic rings. The van der Waals surface area contributed by atoms with Crippen molar-refractivity contribution < 1.29 is 29.6 Å². The number of benzene rings is 1. The molecule has 0 saturated heterocycles. The molecule has 106 valence electrons. The van der Waals surface area contributed by atoms with Crippen LogP contribution in [0.1, 0.15) is 28.4 Å². The molecule has 1 aromatic carbocycles. The minimum absolute atomic E-state index is 0.0447. The second-order valence-electron chi connectivity index (χ2n) is 3.97. The highest BCUT2D eigenvalue weighted by Crippen LogP contribution is 2.29. The first-order chi connectivity index (χ1) is 9.04. The van der Waals surface area contributed by atoms with Crippen molar-refractivity contribution in [3.8, 4) is 5.75 Å². The van der Waals surface area contributed by atoms with E-state index in [4.69, 9.17) is 9.84 Å². The standard InChI is InChI=1S/C13H18O6/c1-18-11-7-8(13(17)19-2)3-4-9(11)12(16)10(15)5-6-14/h3-4,7,10,12,14-16H,5-6H2,1-2H3. The third-order valence-electron chi connectivity index (χ3n) is 2.76. The molecule has 1 aromatic rings. The number of hydrogen-bond acceptors (Lipinski definition) is 6. The molecular weight excluding hydrogens is 252 g/mol. The van der Waals surface area contributed by atoms with E-state index in [9.17, 15) is 15.0 Å². The van der Waals surface area contributed by atoms with Crippen molar-refractivity contribution in [1.29, 1.82) is 0 Å². The second-order valence-corrected chi connectivity index (χ2v) is 3.97. The van der Waals surface area contributed by atoms with Gasteiger partial charge in [-0.1, -0.05) is 6.07 Å². The monoisotopic (exact) mass is 270 g/mol. The maximum absolute atomic E-state index is 11.4. The summed E-state index contributed by atoms with van der Waals surface area (Å²) in [4.78, 5) is 11.4. The number of ether oxygens (including phenoxy) is 2. The molecule has 1 rings (SSSR count). The van der Waals surface area contributed by atoms with Gasteiger partial charge < -0.3 is 24.8 Å². The molecule has 0 saturated carbocycles. The first kappa shape index (κ1) is 15.4. The number of carbonyl (C=O) groups excluding carboxylic acids is 1. The van der Waals surface area contributed by atoms with E-state index in [1.54, 1.807) is 0 Å². The fourth-order valence-electron chi connectivity index (χ4n) is 1.70. The van der Waals surface area contributed by atoms with Crippen molar-refractivity contribution in [1.82, 2.24) is 0 Å². The van der Waals surface area contributed by atoms with Crippen LogP contribution in [0.5, 0.6) is 5.75 Å². The van der Waals surface area contributed by atoms with Crippen LogP contribution in [0.2, 0.25) is 0 Å². The highest BCUT2D eigenvalue weighted by atomic mass is 16.5. The van der Waals surface area contributed by atoms with Gasteiger partial charge in [-0.15, -0.1) is 0 Å². The summed E-state index contributed by atoms with van der Waals surface area (Å²) in [6.45, 7) is -0.235. The van der Waals surface area contributed by atoms with Crippen LogP contribution < -0.4 is 4.74 Å². The van der Waals surface area contributed by atoms with E-state index in [1.165, 1.54) is 32.4 Å². The Labute approximate surface area is 111 Å². The lowest BCUT2D eigenvalue weighted by atomic mass is 10.00. The Balaban J connectivity index is 3.05. The van der Waals surface area contributed by atoms with E-state index in [0.717, 1.165) is 0 Å². The summed E-state index contributed by atoms with van der Waals surface area (Å²) in [6.07, 6.45) is -2.26. The van der Waals surface area contributed by atoms with E-state index < -0.39 is 18.2 Å². The van der Waals surface area contributed by atoms with Gasteiger partial charge in [-0.25, -0.2) is 4.79 Å². The Morgan fingerprint density at radius 1 is 1.32 bits per heavy atom. The Kier molecular flexibility index (Phi) is 5.75. The number of aliphatic hydroxyl groups is 3. The Bertz CT molecular complexity index is 431. The van der Waals surface area contributed by atoms with Crippen molar-refractivity contribution >= 4 is 5.97 Å². The van der Waals surface area contributed by atoms with Gasteiger partial charge >= 0.3 is 5.97 Å². The molecule has 0 fully saturated rings. The lowest BCUT2D eigenvalue weighted by molar-refractivity contribution is 0.00302. The van der Waals surface area contributed by atoms with Crippen LogP contribution in [0.15, 0.2) is 18.2 Å². The van der Waals surface area contributed by atoms with Crippen molar-refractivity contribution in [2.24, 2.45) is 0 Å². The number of esters is 1. The highest BCUT2D eigenvalue weighted by molar-refractivity contribution is 5.89. The summed E-state index contributed by atoms with van der Waals surface area (Å²) >= 11 is 0. The van der Waals surface area contributed by atoms with Gasteiger partial charge in [-0.2, -0.15) is 0 Å². The molecule has 0 aliphatic carbocycles. The summed E-state index contributed by atoms with van der Waals surface area (Å²) in [5.74, 6) is -0.248. The molecule has 0 heterocycles. The third-order valence-corrected chi connectivity index (χ3v) is 2.76. The number of hydrogen-bond donors (Lipinski definition) is 3. The second kappa shape index (κ2) is 7.08. The van der Waals surface area contributed by atoms with Gasteiger partial charge in [0.05, 0.1) is 25.9 Å². The summed E-state index contributed by atoms with van der Waals surface area (Å²) in [5, 5.41) is 28.4. The van der Waals surface area contributed by atoms with E-state index in [1.807, 2.05) is 0 Å². The zero-order chi connectivity index (χ0) is 14.4. The predicted molar refractivity (Wildman–Crippen MR) is 67.0 cm³/mol. The van der Waals surface area contributed by atoms with Crippen LogP contribution >= 0.6 is 0 Å². The van der Waals surface area contributed by atoms with Crippen molar-refractivity contribution in [2.75, 3.05) is 20.8 Å². The average molecular weight is 270 g/mol. The minimum Gasteiger partial charge on any atom is -0.496 e. The van der Waals surface area contributed by atoms with Crippen molar-refractivity contribution in [3.63, 3.8) is 0 Å². The molecule has 3 N–H and O–H groups in total. The van der Waals surface area contributed by atoms with Gasteiger partial charge in [0.15, 0.2) is 0 Å². The molecule has 2 atom stereocenters. The zero-order valence-corrected chi connectivity index (χ0v) is 10.9. The lowest BCUT2D eigenvalue weighted by Crippen LogP contribution is -2.20. The quantitative estimate of drug-likeness (QED) is 0.642. The molecule has 0 amide bonds. The Morgan fingerprint density at radius 3 is 2.53 bits per heavy atom. The smallest absolute Gasteiger partial charge is 0.337 e. The summed E-state index contributed by atoms with van der Waals surface area (Å²) in [6, 6.07) is 4.38. The molecular formula is C13H18O6. The zero-order valence-electron chi connectivity index (χ0n) is 10.9.